The molecule has 0 aromatic heterocycles. The molecule has 1 saturated carbocycles. The summed E-state index contributed by atoms with van der Waals surface area (Å²) in [6, 6.07) is 13.3. The first kappa shape index (κ1) is 23.0. The molecule has 0 amide bonds. The third-order valence-electron chi connectivity index (χ3n) is 6.09. The summed E-state index contributed by atoms with van der Waals surface area (Å²) in [5, 5.41) is 10.3. The maximum atomic E-state index is 13.7. The van der Waals surface area contributed by atoms with Gasteiger partial charge >= 0.3 is 5.97 Å². The molecule has 0 aliphatic heterocycles. The average Bonchev–Trinajstić information content (AvgIpc) is 2.80. The highest BCUT2D eigenvalue weighted by Gasteiger charge is 2.21. The van der Waals surface area contributed by atoms with Gasteiger partial charge in [0.1, 0.15) is 11.6 Å². The van der Waals surface area contributed by atoms with Gasteiger partial charge in [0.15, 0.2) is 0 Å². The molecule has 4 rings (SSSR count). The molecular weight excluding hydrogens is 445 g/mol. The molecule has 1 aliphatic carbocycles. The molecule has 0 saturated heterocycles. The van der Waals surface area contributed by atoms with Gasteiger partial charge < -0.3 is 9.84 Å². The van der Waals surface area contributed by atoms with Crippen molar-refractivity contribution in [2.45, 2.75) is 43.4 Å². The van der Waals surface area contributed by atoms with Crippen LogP contribution in [0.2, 0.25) is 0 Å². The molecule has 0 radical (unpaired) electrons. The molecule has 3 aromatic rings. The van der Waals surface area contributed by atoms with Gasteiger partial charge in [-0.1, -0.05) is 56.4 Å². The molecule has 3 aromatic carbocycles. The van der Waals surface area contributed by atoms with Gasteiger partial charge in [-0.3, -0.25) is 4.72 Å². The second kappa shape index (κ2) is 9.79. The second-order valence-electron chi connectivity index (χ2n) is 8.35. The Morgan fingerprint density at radius 3 is 2.48 bits per heavy atom. The van der Waals surface area contributed by atoms with Crippen molar-refractivity contribution >= 4 is 32.5 Å². The topological polar surface area (TPSA) is 92.7 Å². The van der Waals surface area contributed by atoms with Crippen LogP contribution in [0.1, 0.15) is 48.9 Å². The number of ether oxygens (including phenoxy) is 1. The number of carboxylic acids is 1. The lowest BCUT2D eigenvalue weighted by Gasteiger charge is -2.21. The Balaban J connectivity index is 1.58. The Kier molecular flexibility index (Phi) is 6.83. The largest absolute Gasteiger partial charge is 0.493 e. The van der Waals surface area contributed by atoms with Gasteiger partial charge in [0.25, 0.3) is 10.0 Å². The lowest BCUT2D eigenvalue weighted by Crippen LogP contribution is -2.15. The van der Waals surface area contributed by atoms with Gasteiger partial charge in [-0.2, -0.15) is 0 Å². The predicted octanol–water partition coefficient (Wildman–Crippen LogP) is 5.83. The average molecular weight is 472 g/mol. The van der Waals surface area contributed by atoms with Crippen molar-refractivity contribution in [3.8, 4) is 5.75 Å². The highest BCUT2D eigenvalue weighted by Crippen LogP contribution is 2.33. The van der Waals surface area contributed by atoms with Crippen molar-refractivity contribution in [1.29, 1.82) is 0 Å². The first-order chi connectivity index (χ1) is 15.8. The summed E-state index contributed by atoms with van der Waals surface area (Å²) in [7, 11) is -4.07. The third-order valence-corrected chi connectivity index (χ3v) is 7.53. The standard InChI is InChI=1S/C25H26FNO5S/c26-22-11-10-18(16-21(22)25(28)29)27-33(30,31)24-13-12-23(19-8-4-5-9-20(19)24)32-15-14-17-6-2-1-3-7-17/h4-5,8-13,16-17,27H,1-3,6-7,14-15H2,(H,28,29). The van der Waals surface area contributed by atoms with Gasteiger partial charge in [-0.25, -0.2) is 17.6 Å². The van der Waals surface area contributed by atoms with E-state index in [2.05, 4.69) is 4.72 Å². The molecule has 0 heterocycles. The van der Waals surface area contributed by atoms with Crippen LogP contribution in [-0.4, -0.2) is 26.1 Å². The predicted molar refractivity (Wildman–Crippen MR) is 125 cm³/mol. The molecule has 1 fully saturated rings. The minimum atomic E-state index is -4.07. The van der Waals surface area contributed by atoms with Gasteiger partial charge in [-0.05, 0) is 42.7 Å². The van der Waals surface area contributed by atoms with E-state index in [4.69, 9.17) is 9.84 Å². The van der Waals surface area contributed by atoms with E-state index in [0.717, 1.165) is 18.6 Å². The van der Waals surface area contributed by atoms with E-state index in [0.29, 0.717) is 29.0 Å². The minimum absolute atomic E-state index is 0.0268. The zero-order valence-electron chi connectivity index (χ0n) is 18.1. The fourth-order valence-electron chi connectivity index (χ4n) is 4.38. The lowest BCUT2D eigenvalue weighted by molar-refractivity contribution is 0.0692. The van der Waals surface area contributed by atoms with Crippen LogP contribution >= 0.6 is 0 Å². The Morgan fingerprint density at radius 1 is 1.03 bits per heavy atom. The molecule has 1 aliphatic rings. The summed E-state index contributed by atoms with van der Waals surface area (Å²) in [5.74, 6) is -1.12. The van der Waals surface area contributed by atoms with Crippen LogP contribution in [0.15, 0.2) is 59.5 Å². The summed E-state index contributed by atoms with van der Waals surface area (Å²) in [6.45, 7) is 0.576. The first-order valence-corrected chi connectivity index (χ1v) is 12.5. The fraction of sp³-hybridized carbons (Fsp3) is 0.320. The van der Waals surface area contributed by atoms with Crippen LogP contribution in [0.4, 0.5) is 10.1 Å². The highest BCUT2D eigenvalue weighted by atomic mass is 32.2. The summed E-state index contributed by atoms with van der Waals surface area (Å²) < 4.78 is 48.3. The van der Waals surface area contributed by atoms with E-state index in [1.807, 2.05) is 12.1 Å². The number of rotatable bonds is 8. The number of hydrogen-bond donors (Lipinski definition) is 2. The molecule has 8 heteroatoms. The van der Waals surface area contributed by atoms with E-state index >= 15 is 0 Å². The zero-order valence-corrected chi connectivity index (χ0v) is 18.9. The first-order valence-electron chi connectivity index (χ1n) is 11.1. The number of anilines is 1. The zero-order chi connectivity index (χ0) is 23.4. The molecule has 0 bridgehead atoms. The van der Waals surface area contributed by atoms with E-state index in [1.165, 1.54) is 44.2 Å². The van der Waals surface area contributed by atoms with Crippen LogP contribution < -0.4 is 9.46 Å². The van der Waals surface area contributed by atoms with Crippen LogP contribution in [0.3, 0.4) is 0 Å². The quantitative estimate of drug-likeness (QED) is 0.431. The Morgan fingerprint density at radius 2 is 1.76 bits per heavy atom. The van der Waals surface area contributed by atoms with Gasteiger partial charge in [0, 0.05) is 16.5 Å². The van der Waals surface area contributed by atoms with Crippen LogP contribution in [0, 0.1) is 11.7 Å². The monoisotopic (exact) mass is 471 g/mol. The molecule has 0 unspecified atom stereocenters. The molecule has 0 atom stereocenters. The molecule has 174 valence electrons. The van der Waals surface area contributed by atoms with Crippen molar-refractivity contribution in [3.05, 3.63) is 66.0 Å². The maximum absolute atomic E-state index is 13.7. The fourth-order valence-corrected chi connectivity index (χ4v) is 5.64. The van der Waals surface area contributed by atoms with E-state index in [-0.39, 0.29) is 10.6 Å². The lowest BCUT2D eigenvalue weighted by atomic mass is 9.87. The number of fused-ring (bicyclic) bond motifs is 1. The van der Waals surface area contributed by atoms with Gasteiger partial charge in [0.2, 0.25) is 0 Å². The van der Waals surface area contributed by atoms with Crippen LogP contribution in [0.25, 0.3) is 10.8 Å². The Bertz CT molecular complexity index is 1270. The number of aromatic carboxylic acids is 1. The van der Waals surface area contributed by atoms with Crippen LogP contribution in [0.5, 0.6) is 5.75 Å². The molecular formula is C25H26FNO5S. The number of nitrogens with one attached hydrogen (secondary N) is 1. The van der Waals surface area contributed by atoms with Crippen molar-refractivity contribution < 1.29 is 27.4 Å². The highest BCUT2D eigenvalue weighted by molar-refractivity contribution is 7.93. The number of halogens is 1. The van der Waals surface area contributed by atoms with Crippen molar-refractivity contribution in [3.63, 3.8) is 0 Å². The number of carbonyl (C=O) groups is 1. The molecule has 6 nitrogen and oxygen atoms in total. The smallest absolute Gasteiger partial charge is 0.338 e. The van der Waals surface area contributed by atoms with Crippen molar-refractivity contribution in [1.82, 2.24) is 0 Å². The van der Waals surface area contributed by atoms with Crippen molar-refractivity contribution in [2.75, 3.05) is 11.3 Å². The Labute approximate surface area is 192 Å². The molecule has 33 heavy (non-hydrogen) atoms. The van der Waals surface area contributed by atoms with Crippen LogP contribution in [-0.2, 0) is 10.0 Å². The van der Waals surface area contributed by atoms with Gasteiger partial charge in [0.05, 0.1) is 17.1 Å². The number of sulfonamides is 1. The summed E-state index contributed by atoms with van der Waals surface area (Å²) in [4.78, 5) is 11.2. The number of benzene rings is 3. The third kappa shape index (κ3) is 5.27. The van der Waals surface area contributed by atoms with E-state index in [9.17, 15) is 17.6 Å². The summed E-state index contributed by atoms with van der Waals surface area (Å²) in [6.07, 6.45) is 7.30. The minimum Gasteiger partial charge on any atom is -0.493 e. The van der Waals surface area contributed by atoms with Gasteiger partial charge in [-0.15, -0.1) is 0 Å². The Hall–Kier alpha value is -3.13. The van der Waals surface area contributed by atoms with E-state index in [1.54, 1.807) is 18.2 Å². The summed E-state index contributed by atoms with van der Waals surface area (Å²) >= 11 is 0. The summed E-state index contributed by atoms with van der Waals surface area (Å²) in [5.41, 5.74) is -0.646. The molecule has 2 N–H and O–H groups in total. The number of carboxylic acid groups (broad SMARTS) is 1. The second-order valence-corrected chi connectivity index (χ2v) is 10.0. The van der Waals surface area contributed by atoms with E-state index < -0.39 is 27.4 Å². The SMILES string of the molecule is O=C(O)c1cc(NS(=O)(=O)c2ccc(OCCC3CCCCC3)c3ccccc23)ccc1F. The van der Waals surface area contributed by atoms with Crippen molar-refractivity contribution in [2.24, 2.45) is 5.92 Å². The normalized spacial score (nSPS) is 14.8. The maximum Gasteiger partial charge on any atom is 0.338 e. The number of hydrogen-bond acceptors (Lipinski definition) is 4. The molecule has 0 spiro atoms.